The molecule has 0 radical (unpaired) electrons. The summed E-state index contributed by atoms with van der Waals surface area (Å²) in [6.07, 6.45) is 0.280. The highest BCUT2D eigenvalue weighted by molar-refractivity contribution is 5.96. The summed E-state index contributed by atoms with van der Waals surface area (Å²) in [7, 11) is 5.48. The molecule has 1 aliphatic rings. The van der Waals surface area contributed by atoms with Crippen LogP contribution in [0.1, 0.15) is 41.6 Å². The molecule has 1 amide bonds. The summed E-state index contributed by atoms with van der Waals surface area (Å²) >= 11 is 0. The zero-order valence-corrected chi connectivity index (χ0v) is 20.6. The molecule has 0 aromatic heterocycles. The third kappa shape index (κ3) is 5.80. The maximum Gasteiger partial charge on any atom is 0.320 e. The molecule has 0 N–H and O–H groups in total. The summed E-state index contributed by atoms with van der Waals surface area (Å²) in [5, 5.41) is 1.22. The first-order valence-corrected chi connectivity index (χ1v) is 11.2. The zero-order valence-electron chi connectivity index (χ0n) is 20.6. The zero-order chi connectivity index (χ0) is 25.6. The molecule has 188 valence electrons. The van der Waals surface area contributed by atoms with Gasteiger partial charge in [-0.2, -0.15) is 0 Å². The van der Waals surface area contributed by atoms with Crippen molar-refractivity contribution in [1.82, 2.24) is 5.06 Å². The van der Waals surface area contributed by atoms with Crippen LogP contribution < -0.4 is 4.74 Å². The van der Waals surface area contributed by atoms with Crippen LogP contribution in [-0.4, -0.2) is 63.2 Å². The van der Waals surface area contributed by atoms with E-state index in [1.807, 2.05) is 24.3 Å². The van der Waals surface area contributed by atoms with Gasteiger partial charge in [0, 0.05) is 25.0 Å². The van der Waals surface area contributed by atoms with Gasteiger partial charge in [0.15, 0.2) is 11.7 Å². The van der Waals surface area contributed by atoms with Gasteiger partial charge in [-0.1, -0.05) is 30.3 Å². The molecule has 0 aliphatic carbocycles. The molecule has 1 saturated heterocycles. The molecule has 2 aromatic carbocycles. The van der Waals surface area contributed by atoms with Gasteiger partial charge in [0.1, 0.15) is 5.75 Å². The molecule has 2 aromatic rings. The Morgan fingerprint density at radius 3 is 2.09 bits per heavy atom. The number of carbonyl (C=O) groups excluding carboxylic acids is 3. The molecule has 9 heteroatoms. The van der Waals surface area contributed by atoms with Crippen molar-refractivity contribution in [3.63, 3.8) is 0 Å². The number of methoxy groups -OCH3 is 4. The topological polar surface area (TPSA) is 101 Å². The first kappa shape index (κ1) is 26.2. The van der Waals surface area contributed by atoms with Crippen molar-refractivity contribution in [3.8, 4) is 5.75 Å². The van der Waals surface area contributed by atoms with E-state index in [1.54, 1.807) is 44.4 Å². The fraction of sp³-hybridized carbons (Fsp3) is 0.423. The summed E-state index contributed by atoms with van der Waals surface area (Å²) in [6, 6.07) is 15.3. The van der Waals surface area contributed by atoms with E-state index >= 15 is 0 Å². The maximum absolute atomic E-state index is 13.6. The number of carbonyl (C=O) groups is 3. The largest absolute Gasteiger partial charge is 0.497 e. The third-order valence-corrected chi connectivity index (χ3v) is 6.29. The van der Waals surface area contributed by atoms with Crippen LogP contribution in [0.3, 0.4) is 0 Å². The molecule has 0 spiro atoms. The molecule has 1 heterocycles. The van der Waals surface area contributed by atoms with Gasteiger partial charge in [0.2, 0.25) is 0 Å². The van der Waals surface area contributed by atoms with Gasteiger partial charge in [0.25, 0.3) is 5.91 Å². The molecular weight excluding hydrogens is 454 g/mol. The Hall–Kier alpha value is -3.43. The molecule has 3 rings (SSSR count). The van der Waals surface area contributed by atoms with Gasteiger partial charge in [0.05, 0.1) is 27.4 Å². The molecule has 35 heavy (non-hydrogen) atoms. The van der Waals surface area contributed by atoms with Crippen molar-refractivity contribution in [2.45, 2.75) is 37.5 Å². The second-order valence-electron chi connectivity index (χ2n) is 8.41. The van der Waals surface area contributed by atoms with Crippen LogP contribution in [0.15, 0.2) is 54.6 Å². The molecular formula is C26H31NO8. The number of hydroxylamine groups is 2. The van der Waals surface area contributed by atoms with E-state index in [9.17, 15) is 14.4 Å². The highest BCUT2D eigenvalue weighted by Gasteiger charge is 2.49. The summed E-state index contributed by atoms with van der Waals surface area (Å²) < 4.78 is 20.7. The van der Waals surface area contributed by atoms with Crippen molar-refractivity contribution < 1.29 is 38.2 Å². The van der Waals surface area contributed by atoms with Crippen molar-refractivity contribution in [2.75, 3.05) is 28.4 Å². The second-order valence-corrected chi connectivity index (χ2v) is 8.41. The van der Waals surface area contributed by atoms with Gasteiger partial charge >= 0.3 is 11.9 Å². The number of hydrogen-bond donors (Lipinski definition) is 0. The highest BCUT2D eigenvalue weighted by Crippen LogP contribution is 2.43. The first-order valence-electron chi connectivity index (χ1n) is 11.2. The van der Waals surface area contributed by atoms with E-state index in [2.05, 4.69) is 0 Å². The molecule has 1 aliphatic heterocycles. The Morgan fingerprint density at radius 1 is 0.971 bits per heavy atom. The number of amides is 1. The predicted octanol–water partition coefficient (Wildman–Crippen LogP) is 3.34. The van der Waals surface area contributed by atoms with Crippen LogP contribution in [0.5, 0.6) is 5.75 Å². The number of hydrogen-bond acceptors (Lipinski definition) is 8. The lowest BCUT2D eigenvalue weighted by atomic mass is 9.80. The van der Waals surface area contributed by atoms with Gasteiger partial charge in [-0.3, -0.25) is 14.4 Å². The molecule has 3 atom stereocenters. The second kappa shape index (κ2) is 11.3. The minimum absolute atomic E-state index is 0.0750. The molecule has 0 saturated carbocycles. The predicted molar refractivity (Wildman–Crippen MR) is 125 cm³/mol. The monoisotopic (exact) mass is 485 g/mol. The fourth-order valence-electron chi connectivity index (χ4n) is 4.30. The van der Waals surface area contributed by atoms with Gasteiger partial charge in [-0.05, 0) is 43.2 Å². The molecule has 1 unspecified atom stereocenters. The number of rotatable bonds is 8. The number of ether oxygens (including phenoxy) is 4. The number of benzene rings is 2. The lowest BCUT2D eigenvalue weighted by Gasteiger charge is -2.48. The number of nitrogens with zero attached hydrogens (tertiary/aromatic N) is 1. The van der Waals surface area contributed by atoms with Gasteiger partial charge in [-0.15, -0.1) is 0 Å². The normalized spacial score (nSPS) is 21.9. The van der Waals surface area contributed by atoms with Crippen molar-refractivity contribution in [3.05, 3.63) is 65.7 Å². The van der Waals surface area contributed by atoms with Crippen LogP contribution in [0.4, 0.5) is 0 Å². The third-order valence-electron chi connectivity index (χ3n) is 6.29. The Labute approximate surface area is 204 Å². The summed E-state index contributed by atoms with van der Waals surface area (Å²) in [5.41, 5.74) is 1.25. The van der Waals surface area contributed by atoms with Crippen molar-refractivity contribution in [2.24, 2.45) is 5.92 Å². The molecule has 1 fully saturated rings. The molecule has 9 nitrogen and oxygen atoms in total. The van der Waals surface area contributed by atoms with Gasteiger partial charge < -0.3 is 18.9 Å². The smallest absolute Gasteiger partial charge is 0.320 e. The summed E-state index contributed by atoms with van der Waals surface area (Å²) in [6.45, 7) is 1.74. The van der Waals surface area contributed by atoms with Crippen LogP contribution >= 0.6 is 0 Å². The Morgan fingerprint density at radius 2 is 1.57 bits per heavy atom. The Balaban J connectivity index is 2.11. The van der Waals surface area contributed by atoms with E-state index in [0.29, 0.717) is 17.7 Å². The highest BCUT2D eigenvalue weighted by atomic mass is 16.8. The Kier molecular flexibility index (Phi) is 8.48. The quantitative estimate of drug-likeness (QED) is 0.415. The minimum Gasteiger partial charge on any atom is -0.497 e. The average Bonchev–Trinajstić information content (AvgIpc) is 2.91. The van der Waals surface area contributed by atoms with E-state index in [1.165, 1.54) is 26.4 Å². The van der Waals surface area contributed by atoms with Crippen LogP contribution in [-0.2, 0) is 28.6 Å². The van der Waals surface area contributed by atoms with E-state index < -0.39 is 35.6 Å². The summed E-state index contributed by atoms with van der Waals surface area (Å²) in [4.78, 5) is 44.8. The van der Waals surface area contributed by atoms with Crippen LogP contribution in [0.2, 0.25) is 0 Å². The Bertz CT molecular complexity index is 1010. The van der Waals surface area contributed by atoms with Crippen molar-refractivity contribution in [1.29, 1.82) is 0 Å². The van der Waals surface area contributed by atoms with E-state index in [-0.39, 0.29) is 12.3 Å². The van der Waals surface area contributed by atoms with E-state index in [4.69, 9.17) is 23.8 Å². The SMILES string of the molecule is COC(=O)C(CC1[C@H](c2ccc(OC)cc2)C[C@@](C)(OC)ON1C(=O)c1ccccc1)C(=O)OC. The lowest BCUT2D eigenvalue weighted by molar-refractivity contribution is -0.350. The van der Waals surface area contributed by atoms with Crippen LogP contribution in [0, 0.1) is 5.92 Å². The van der Waals surface area contributed by atoms with Crippen molar-refractivity contribution >= 4 is 17.8 Å². The average molecular weight is 486 g/mol. The minimum atomic E-state index is -1.25. The van der Waals surface area contributed by atoms with Gasteiger partial charge in [-0.25, -0.2) is 9.90 Å². The van der Waals surface area contributed by atoms with E-state index in [0.717, 1.165) is 5.56 Å². The lowest BCUT2D eigenvalue weighted by Crippen LogP contribution is -2.57. The molecule has 0 bridgehead atoms. The maximum atomic E-state index is 13.6. The fourth-order valence-corrected chi connectivity index (χ4v) is 4.30. The number of esters is 2. The summed E-state index contributed by atoms with van der Waals surface area (Å²) in [5.74, 6) is -4.01. The first-order chi connectivity index (χ1) is 16.8. The van der Waals surface area contributed by atoms with Crippen LogP contribution in [0.25, 0.3) is 0 Å². The standard InChI is InChI=1S/C26H31NO8/c1-26(34-5)16-21(17-11-13-19(31-2)14-12-17)22(15-20(24(29)32-3)25(30)33-4)27(35-26)23(28)18-9-7-6-8-10-18/h6-14,20-22H,15-16H2,1-5H3/t21-,22?,26-/m0/s1.